The van der Waals surface area contributed by atoms with Crippen LogP contribution in [0.4, 0.5) is 8.78 Å². The summed E-state index contributed by atoms with van der Waals surface area (Å²) in [4.78, 5) is 49.6. The van der Waals surface area contributed by atoms with Crippen molar-refractivity contribution in [2.24, 2.45) is 0 Å². The summed E-state index contributed by atoms with van der Waals surface area (Å²) in [5.74, 6) is -6.57. The molecule has 0 aliphatic carbocycles. The van der Waals surface area contributed by atoms with Crippen molar-refractivity contribution in [3.63, 3.8) is 0 Å². The smallest absolute Gasteiger partial charge is 0.313 e. The molecule has 2 amide bonds. The molecule has 0 saturated carbocycles. The second kappa shape index (κ2) is 10.6. The highest BCUT2D eigenvalue weighted by Crippen LogP contribution is 2.36. The normalized spacial score (nSPS) is 15.4. The fourth-order valence-corrected chi connectivity index (χ4v) is 3.55. The van der Waals surface area contributed by atoms with Crippen LogP contribution in [0.25, 0.3) is 11.3 Å². The van der Waals surface area contributed by atoms with E-state index in [1.807, 2.05) is 25.1 Å². The lowest BCUT2D eigenvalue weighted by Gasteiger charge is -2.15. The highest BCUT2D eigenvalue weighted by atomic mass is 19.1. The number of rotatable bonds is 5. The number of Topliss-reactive ketones (excluding diaryl/α,β-unsaturated/α-hetero) is 1. The zero-order chi connectivity index (χ0) is 26.7. The molecule has 4 rings (SSSR count). The van der Waals surface area contributed by atoms with E-state index in [-0.39, 0.29) is 11.3 Å². The van der Waals surface area contributed by atoms with Crippen LogP contribution in [-0.2, 0) is 14.4 Å². The summed E-state index contributed by atoms with van der Waals surface area (Å²) >= 11 is 0. The summed E-state index contributed by atoms with van der Waals surface area (Å²) in [6.45, 7) is 1.85. The largest absolute Gasteiger partial charge is 0.479 e. The summed E-state index contributed by atoms with van der Waals surface area (Å²) in [6, 6.07) is 8.17. The first-order valence-electron chi connectivity index (χ1n) is 11.1. The number of ether oxygens (including phenoxy) is 2. The summed E-state index contributed by atoms with van der Waals surface area (Å²) < 4.78 is 43.8. The van der Waals surface area contributed by atoms with Crippen molar-refractivity contribution >= 4 is 23.6 Å². The van der Waals surface area contributed by atoms with E-state index in [9.17, 15) is 28.0 Å². The van der Waals surface area contributed by atoms with Gasteiger partial charge in [0.05, 0.1) is 13.0 Å². The van der Waals surface area contributed by atoms with Crippen molar-refractivity contribution in [3.8, 4) is 22.8 Å². The predicted molar refractivity (Wildman–Crippen MR) is 123 cm³/mol. The molecular weight excluding hydrogens is 492 g/mol. The van der Waals surface area contributed by atoms with Crippen LogP contribution < -0.4 is 20.1 Å². The average molecular weight is 513 g/mol. The van der Waals surface area contributed by atoms with Crippen LogP contribution in [0.5, 0.6) is 11.5 Å². The predicted octanol–water partition coefficient (Wildman–Crippen LogP) is 2.41. The molecule has 1 aromatic heterocycles. The third-order valence-corrected chi connectivity index (χ3v) is 5.44. The monoisotopic (exact) mass is 513 g/mol. The van der Waals surface area contributed by atoms with Gasteiger partial charge in [-0.2, -0.15) is 0 Å². The number of benzene rings is 2. The SMILES string of the molecule is Cc1cccc(-c2cc(C(=O)NCC(=O)N[C@H]3CC(=O)Oc4c(F)cc(C)c(F)c4OCC3=O)no2)c1. The van der Waals surface area contributed by atoms with Crippen molar-refractivity contribution in [1.29, 1.82) is 0 Å². The topological polar surface area (TPSA) is 137 Å². The quantitative estimate of drug-likeness (QED) is 0.392. The Morgan fingerprint density at radius 3 is 2.65 bits per heavy atom. The highest BCUT2D eigenvalue weighted by molar-refractivity contribution is 5.97. The van der Waals surface area contributed by atoms with E-state index in [1.165, 1.54) is 13.0 Å². The molecule has 1 atom stereocenters. The maximum absolute atomic E-state index is 14.4. The van der Waals surface area contributed by atoms with Gasteiger partial charge in [0.25, 0.3) is 5.91 Å². The molecule has 0 saturated heterocycles. The minimum absolute atomic E-state index is 0.0723. The number of halogens is 2. The molecule has 0 radical (unpaired) electrons. The molecule has 37 heavy (non-hydrogen) atoms. The van der Waals surface area contributed by atoms with E-state index >= 15 is 0 Å². The molecule has 2 N–H and O–H groups in total. The Hall–Kier alpha value is -4.61. The van der Waals surface area contributed by atoms with Gasteiger partial charge in [0.1, 0.15) is 12.6 Å². The Bertz CT molecular complexity index is 1400. The van der Waals surface area contributed by atoms with Gasteiger partial charge in [-0.1, -0.05) is 28.9 Å². The number of nitrogens with zero attached hydrogens (tertiary/aromatic N) is 1. The molecule has 12 heteroatoms. The van der Waals surface area contributed by atoms with Crippen molar-refractivity contribution in [1.82, 2.24) is 15.8 Å². The van der Waals surface area contributed by atoms with Gasteiger partial charge in [0, 0.05) is 11.6 Å². The van der Waals surface area contributed by atoms with Crippen molar-refractivity contribution in [2.75, 3.05) is 13.2 Å². The second-order valence-corrected chi connectivity index (χ2v) is 8.33. The maximum atomic E-state index is 14.4. The van der Waals surface area contributed by atoms with Gasteiger partial charge in [0.2, 0.25) is 17.4 Å². The average Bonchev–Trinajstić information content (AvgIpc) is 3.36. The number of fused-ring (bicyclic) bond motifs is 1. The molecule has 1 aliphatic heterocycles. The fraction of sp³-hybridized carbons (Fsp3) is 0.240. The number of hydrogen-bond acceptors (Lipinski definition) is 8. The van der Waals surface area contributed by atoms with Crippen LogP contribution in [-0.4, -0.2) is 47.9 Å². The summed E-state index contributed by atoms with van der Waals surface area (Å²) in [5.41, 5.74) is 1.52. The lowest BCUT2D eigenvalue weighted by atomic mass is 10.1. The van der Waals surface area contributed by atoms with E-state index in [2.05, 4.69) is 15.8 Å². The summed E-state index contributed by atoms with van der Waals surface area (Å²) in [5, 5.41) is 8.32. The Kier molecular flexibility index (Phi) is 7.27. The molecule has 0 bridgehead atoms. The first kappa shape index (κ1) is 25.5. The van der Waals surface area contributed by atoms with Gasteiger partial charge in [-0.15, -0.1) is 0 Å². The number of carbonyl (C=O) groups excluding carboxylic acids is 4. The molecule has 0 fully saturated rings. The number of nitrogens with one attached hydrogen (secondary N) is 2. The number of ketones is 1. The fourth-order valence-electron chi connectivity index (χ4n) is 3.55. The van der Waals surface area contributed by atoms with E-state index in [0.29, 0.717) is 11.3 Å². The Morgan fingerprint density at radius 2 is 1.89 bits per heavy atom. The molecule has 2 heterocycles. The Labute approximate surface area is 208 Å². The van der Waals surface area contributed by atoms with Gasteiger partial charge < -0.3 is 24.6 Å². The molecule has 3 aromatic rings. The number of aromatic nitrogens is 1. The summed E-state index contributed by atoms with van der Waals surface area (Å²) in [7, 11) is 0. The van der Waals surface area contributed by atoms with Crippen molar-refractivity contribution in [2.45, 2.75) is 26.3 Å². The Balaban J connectivity index is 1.37. The molecule has 2 aromatic carbocycles. The minimum Gasteiger partial charge on any atom is -0.479 e. The van der Waals surface area contributed by atoms with Gasteiger partial charge >= 0.3 is 5.97 Å². The number of esters is 1. The van der Waals surface area contributed by atoms with Gasteiger partial charge in [0.15, 0.2) is 28.9 Å². The van der Waals surface area contributed by atoms with E-state index in [0.717, 1.165) is 11.6 Å². The van der Waals surface area contributed by atoms with Crippen LogP contribution in [0.2, 0.25) is 0 Å². The first-order chi connectivity index (χ1) is 17.6. The van der Waals surface area contributed by atoms with E-state index in [4.69, 9.17) is 14.0 Å². The molecule has 192 valence electrons. The number of amides is 2. The zero-order valence-electron chi connectivity index (χ0n) is 19.7. The van der Waals surface area contributed by atoms with E-state index < -0.39 is 72.3 Å². The third-order valence-electron chi connectivity index (χ3n) is 5.44. The number of carbonyl (C=O) groups is 4. The van der Waals surface area contributed by atoms with Gasteiger partial charge in [-0.25, -0.2) is 8.78 Å². The van der Waals surface area contributed by atoms with Gasteiger partial charge in [-0.3, -0.25) is 19.2 Å². The molecule has 10 nitrogen and oxygen atoms in total. The molecular formula is C25H21F2N3O7. The highest BCUT2D eigenvalue weighted by Gasteiger charge is 2.31. The Morgan fingerprint density at radius 1 is 1.11 bits per heavy atom. The van der Waals surface area contributed by atoms with E-state index in [1.54, 1.807) is 6.07 Å². The zero-order valence-corrected chi connectivity index (χ0v) is 19.7. The molecule has 0 unspecified atom stereocenters. The maximum Gasteiger partial charge on any atom is 0.313 e. The second-order valence-electron chi connectivity index (χ2n) is 8.33. The minimum atomic E-state index is -1.42. The third kappa shape index (κ3) is 5.80. The van der Waals surface area contributed by atoms with Crippen molar-refractivity contribution in [3.05, 3.63) is 64.9 Å². The van der Waals surface area contributed by atoms with Crippen LogP contribution in [0.1, 0.15) is 28.0 Å². The lowest BCUT2D eigenvalue weighted by Crippen LogP contribution is -2.48. The molecule has 1 aliphatic rings. The van der Waals surface area contributed by atoms with Gasteiger partial charge in [-0.05, 0) is 31.5 Å². The van der Waals surface area contributed by atoms with Crippen LogP contribution in [0.15, 0.2) is 40.9 Å². The van der Waals surface area contributed by atoms with Crippen LogP contribution in [0, 0.1) is 25.5 Å². The number of hydrogen-bond donors (Lipinski definition) is 2. The number of aryl methyl sites for hydroxylation is 2. The van der Waals surface area contributed by atoms with Crippen LogP contribution >= 0.6 is 0 Å². The first-order valence-corrected chi connectivity index (χ1v) is 11.1. The standard InChI is InChI=1S/C25H21F2N3O7/c1-12-4-3-5-14(6-12)19-8-17(30-37-19)25(34)28-10-20(32)29-16-9-21(33)36-23-15(26)7-13(2)22(27)24(23)35-11-18(16)31/h3-8,16H,9-11H2,1-2H3,(H,28,34)(H,29,32)/t16-/m0/s1. The summed E-state index contributed by atoms with van der Waals surface area (Å²) in [6.07, 6.45) is -0.667. The lowest BCUT2D eigenvalue weighted by molar-refractivity contribution is -0.137. The molecule has 0 spiro atoms. The van der Waals surface area contributed by atoms with Crippen molar-refractivity contribution < 1.29 is 42.0 Å². The van der Waals surface area contributed by atoms with Crippen LogP contribution in [0.3, 0.4) is 0 Å².